The second-order valence-corrected chi connectivity index (χ2v) is 9.33. The Balaban J connectivity index is 1.84. The number of thiophene rings is 1. The second kappa shape index (κ2) is 6.83. The lowest BCUT2D eigenvalue weighted by Gasteiger charge is -2.42. The molecule has 2 aliphatic rings. The maximum absolute atomic E-state index is 13.1. The highest BCUT2D eigenvalue weighted by molar-refractivity contribution is 7.10. The second-order valence-electron chi connectivity index (χ2n) is 8.35. The van der Waals surface area contributed by atoms with Crippen LogP contribution in [-0.2, 0) is 15.8 Å². The molecule has 3 nitrogen and oxygen atoms in total. The van der Waals surface area contributed by atoms with E-state index in [0.29, 0.717) is 29.8 Å². The lowest BCUT2D eigenvalue weighted by molar-refractivity contribution is -0.137. The van der Waals surface area contributed by atoms with Gasteiger partial charge < -0.3 is 0 Å². The first-order valence-electron chi connectivity index (χ1n) is 9.37. The molecule has 29 heavy (non-hydrogen) atoms. The lowest BCUT2D eigenvalue weighted by atomic mass is 9.70. The summed E-state index contributed by atoms with van der Waals surface area (Å²) in [7, 11) is 0. The van der Waals surface area contributed by atoms with Gasteiger partial charge in [-0.2, -0.15) is 13.2 Å². The standard InChI is InChI=1S/C22H20F3NO2S/c1-21(2)11-16-20(17(27)12-21)15(18-4-3-9-29-18)10-19(28)26(16)14-7-5-13(6-8-14)22(23,24)25/h3-9,15H,10-12H2,1-2H3/t15-/m1/s1. The Morgan fingerprint density at radius 1 is 1.07 bits per heavy atom. The predicted octanol–water partition coefficient (Wildman–Crippen LogP) is 5.93. The van der Waals surface area contributed by atoms with Gasteiger partial charge in [-0.1, -0.05) is 19.9 Å². The Labute approximate surface area is 170 Å². The molecule has 2 aromatic rings. The van der Waals surface area contributed by atoms with Gasteiger partial charge in [-0.05, 0) is 47.5 Å². The lowest BCUT2D eigenvalue weighted by Crippen LogP contribution is -2.43. The number of carbonyl (C=O) groups is 2. The van der Waals surface area contributed by atoms with Crippen LogP contribution < -0.4 is 4.90 Å². The van der Waals surface area contributed by atoms with Gasteiger partial charge >= 0.3 is 6.18 Å². The number of alkyl halides is 3. The Morgan fingerprint density at radius 2 is 1.76 bits per heavy atom. The maximum Gasteiger partial charge on any atom is 0.416 e. The number of Topliss-reactive ketones (excluding diaryl/α,β-unsaturated/α-hetero) is 1. The zero-order valence-electron chi connectivity index (χ0n) is 16.0. The molecule has 1 aromatic carbocycles. The Bertz CT molecular complexity index is 988. The number of hydrogen-bond donors (Lipinski definition) is 0. The van der Waals surface area contributed by atoms with Gasteiger partial charge in [-0.15, -0.1) is 11.3 Å². The SMILES string of the molecule is CC1(C)CC(=O)C2=C(C1)N(c1ccc(C(F)(F)F)cc1)C(=O)C[C@@H]2c1cccs1. The summed E-state index contributed by atoms with van der Waals surface area (Å²) in [5, 5.41) is 1.92. The average Bonchev–Trinajstić information content (AvgIpc) is 3.13. The van der Waals surface area contributed by atoms with Crippen molar-refractivity contribution < 1.29 is 22.8 Å². The average molecular weight is 419 g/mol. The highest BCUT2D eigenvalue weighted by Crippen LogP contribution is 2.49. The van der Waals surface area contributed by atoms with Crippen LogP contribution in [0.25, 0.3) is 0 Å². The van der Waals surface area contributed by atoms with Crippen molar-refractivity contribution in [2.45, 2.75) is 45.2 Å². The molecule has 0 N–H and O–H groups in total. The topological polar surface area (TPSA) is 37.4 Å². The summed E-state index contributed by atoms with van der Waals surface area (Å²) in [5.74, 6) is -0.474. The van der Waals surface area contributed by atoms with E-state index >= 15 is 0 Å². The van der Waals surface area contributed by atoms with Crippen LogP contribution in [0.15, 0.2) is 53.0 Å². The number of anilines is 1. The molecular weight excluding hydrogens is 399 g/mol. The molecule has 0 spiro atoms. The summed E-state index contributed by atoms with van der Waals surface area (Å²) in [6, 6.07) is 8.39. The van der Waals surface area contributed by atoms with Crippen LogP contribution in [0.5, 0.6) is 0 Å². The van der Waals surface area contributed by atoms with Gasteiger partial charge in [0.15, 0.2) is 5.78 Å². The zero-order valence-corrected chi connectivity index (χ0v) is 16.9. The van der Waals surface area contributed by atoms with Crippen molar-refractivity contribution in [3.8, 4) is 0 Å². The fourth-order valence-corrected chi connectivity index (χ4v) is 5.08. The van der Waals surface area contributed by atoms with E-state index < -0.39 is 11.7 Å². The number of amides is 1. The number of allylic oxidation sites excluding steroid dienone is 2. The van der Waals surface area contributed by atoms with Crippen LogP contribution in [0.1, 0.15) is 49.5 Å². The molecular formula is C22H20F3NO2S. The number of nitrogens with zero attached hydrogens (tertiary/aromatic N) is 1. The number of benzene rings is 1. The van der Waals surface area contributed by atoms with Crippen molar-refractivity contribution in [1.82, 2.24) is 0 Å². The van der Waals surface area contributed by atoms with E-state index in [1.54, 1.807) is 0 Å². The highest BCUT2D eigenvalue weighted by Gasteiger charge is 2.44. The van der Waals surface area contributed by atoms with Crippen LogP contribution >= 0.6 is 11.3 Å². The molecule has 1 amide bonds. The van der Waals surface area contributed by atoms with E-state index in [9.17, 15) is 22.8 Å². The van der Waals surface area contributed by atoms with E-state index in [2.05, 4.69) is 0 Å². The van der Waals surface area contributed by atoms with E-state index in [4.69, 9.17) is 0 Å². The Kier molecular flexibility index (Phi) is 4.69. The Hall–Kier alpha value is -2.41. The third-order valence-electron chi connectivity index (χ3n) is 5.48. The molecule has 0 bridgehead atoms. The third kappa shape index (κ3) is 3.64. The quantitative estimate of drug-likeness (QED) is 0.605. The molecule has 1 atom stereocenters. The first kappa shape index (κ1) is 19.9. The number of ketones is 1. The van der Waals surface area contributed by atoms with Crippen LogP contribution in [0.2, 0.25) is 0 Å². The van der Waals surface area contributed by atoms with Gasteiger partial charge in [0.05, 0.1) is 5.56 Å². The van der Waals surface area contributed by atoms with Crippen LogP contribution in [-0.4, -0.2) is 11.7 Å². The number of hydrogen-bond acceptors (Lipinski definition) is 3. The van der Waals surface area contributed by atoms with E-state index in [1.165, 1.54) is 28.4 Å². The van der Waals surface area contributed by atoms with Gasteiger partial charge in [0, 0.05) is 40.6 Å². The molecule has 1 aliphatic heterocycles. The summed E-state index contributed by atoms with van der Waals surface area (Å²) >= 11 is 1.51. The summed E-state index contributed by atoms with van der Waals surface area (Å²) in [4.78, 5) is 28.6. The van der Waals surface area contributed by atoms with E-state index in [0.717, 1.165) is 17.0 Å². The highest BCUT2D eigenvalue weighted by atomic mass is 32.1. The summed E-state index contributed by atoms with van der Waals surface area (Å²) in [6.45, 7) is 3.94. The van der Waals surface area contributed by atoms with Gasteiger partial charge in [-0.3, -0.25) is 14.5 Å². The van der Waals surface area contributed by atoms with Gasteiger partial charge in [0.2, 0.25) is 5.91 Å². The first-order chi connectivity index (χ1) is 13.6. The monoisotopic (exact) mass is 419 g/mol. The smallest absolute Gasteiger partial charge is 0.294 e. The fraction of sp³-hybridized carbons (Fsp3) is 0.364. The van der Waals surface area contributed by atoms with Crippen LogP contribution in [0, 0.1) is 5.41 Å². The predicted molar refractivity (Wildman–Crippen MR) is 106 cm³/mol. The normalized spacial score (nSPS) is 22.1. The zero-order chi connectivity index (χ0) is 21.0. The molecule has 0 radical (unpaired) electrons. The summed E-state index contributed by atoms with van der Waals surface area (Å²) in [5.41, 5.74) is 0.534. The summed E-state index contributed by atoms with van der Waals surface area (Å²) < 4.78 is 38.8. The van der Waals surface area contributed by atoms with E-state index in [1.807, 2.05) is 31.4 Å². The number of halogens is 3. The minimum atomic E-state index is -4.44. The van der Waals surface area contributed by atoms with Gasteiger partial charge in [-0.25, -0.2) is 0 Å². The first-order valence-corrected chi connectivity index (χ1v) is 10.2. The van der Waals surface area contributed by atoms with Crippen molar-refractivity contribution in [2.75, 3.05) is 4.90 Å². The molecule has 2 heterocycles. The number of rotatable bonds is 2. The molecule has 0 saturated carbocycles. The molecule has 152 valence electrons. The molecule has 0 unspecified atom stereocenters. The van der Waals surface area contributed by atoms with Crippen molar-refractivity contribution in [2.24, 2.45) is 5.41 Å². The van der Waals surface area contributed by atoms with Gasteiger partial charge in [0.1, 0.15) is 0 Å². The largest absolute Gasteiger partial charge is 0.416 e. The van der Waals surface area contributed by atoms with Crippen molar-refractivity contribution in [1.29, 1.82) is 0 Å². The van der Waals surface area contributed by atoms with E-state index in [-0.39, 0.29) is 29.4 Å². The minimum absolute atomic E-state index is 0.0130. The fourth-order valence-electron chi connectivity index (χ4n) is 4.25. The third-order valence-corrected chi connectivity index (χ3v) is 6.47. The van der Waals surface area contributed by atoms with Crippen LogP contribution in [0.4, 0.5) is 18.9 Å². The molecule has 1 aliphatic carbocycles. The summed E-state index contributed by atoms with van der Waals surface area (Å²) in [6.07, 6.45) is -3.40. The van der Waals surface area contributed by atoms with Crippen molar-refractivity contribution >= 4 is 28.7 Å². The number of carbonyl (C=O) groups excluding carboxylic acids is 2. The van der Waals surface area contributed by atoms with Crippen molar-refractivity contribution in [3.05, 3.63) is 63.5 Å². The molecule has 4 rings (SSSR count). The van der Waals surface area contributed by atoms with Crippen LogP contribution in [0.3, 0.4) is 0 Å². The molecule has 1 aromatic heterocycles. The maximum atomic E-state index is 13.1. The molecule has 0 saturated heterocycles. The van der Waals surface area contributed by atoms with Gasteiger partial charge in [0.25, 0.3) is 0 Å². The molecule has 7 heteroatoms. The minimum Gasteiger partial charge on any atom is -0.294 e. The Morgan fingerprint density at radius 3 is 2.34 bits per heavy atom. The van der Waals surface area contributed by atoms with Crippen molar-refractivity contribution in [3.63, 3.8) is 0 Å². The molecule has 0 fully saturated rings.